The molecule has 162 valence electrons. The SMILES string of the molecule is CCCOc1ccc(NC(=O)NC(=O)COC(=O)c2ccoc2C)cc1OCCC. The second-order valence-corrected chi connectivity index (χ2v) is 6.33. The Labute approximate surface area is 174 Å². The largest absolute Gasteiger partial charge is 0.490 e. The van der Waals surface area contributed by atoms with Crippen LogP contribution in [0.2, 0.25) is 0 Å². The monoisotopic (exact) mass is 418 g/mol. The molecule has 0 aliphatic rings. The smallest absolute Gasteiger partial charge is 0.342 e. The fourth-order valence-electron chi connectivity index (χ4n) is 2.37. The molecule has 2 N–H and O–H groups in total. The van der Waals surface area contributed by atoms with Crippen molar-refractivity contribution in [1.82, 2.24) is 5.32 Å². The van der Waals surface area contributed by atoms with Gasteiger partial charge in [-0.3, -0.25) is 10.1 Å². The average molecular weight is 418 g/mol. The molecule has 1 aromatic heterocycles. The normalized spacial score (nSPS) is 10.2. The van der Waals surface area contributed by atoms with Crippen molar-refractivity contribution in [1.29, 1.82) is 0 Å². The molecule has 0 saturated heterocycles. The summed E-state index contributed by atoms with van der Waals surface area (Å²) in [6.45, 7) is 6.01. The molecule has 0 radical (unpaired) electrons. The molecular weight excluding hydrogens is 392 g/mol. The van der Waals surface area contributed by atoms with Gasteiger partial charge in [0, 0.05) is 11.8 Å². The van der Waals surface area contributed by atoms with Crippen LogP contribution in [0.15, 0.2) is 34.9 Å². The van der Waals surface area contributed by atoms with Crippen molar-refractivity contribution in [3.8, 4) is 11.5 Å². The van der Waals surface area contributed by atoms with E-state index in [2.05, 4.69) is 10.6 Å². The van der Waals surface area contributed by atoms with Gasteiger partial charge in [-0.1, -0.05) is 13.8 Å². The van der Waals surface area contributed by atoms with Gasteiger partial charge >= 0.3 is 12.0 Å². The molecule has 0 unspecified atom stereocenters. The van der Waals surface area contributed by atoms with E-state index in [9.17, 15) is 14.4 Å². The van der Waals surface area contributed by atoms with E-state index < -0.39 is 24.5 Å². The molecule has 0 aliphatic heterocycles. The van der Waals surface area contributed by atoms with Gasteiger partial charge in [0.1, 0.15) is 11.3 Å². The van der Waals surface area contributed by atoms with Crippen molar-refractivity contribution in [3.05, 3.63) is 41.9 Å². The number of urea groups is 1. The molecule has 9 nitrogen and oxygen atoms in total. The van der Waals surface area contributed by atoms with Crippen LogP contribution in [-0.4, -0.2) is 37.7 Å². The van der Waals surface area contributed by atoms with E-state index in [0.717, 1.165) is 12.8 Å². The third-order valence-electron chi connectivity index (χ3n) is 3.79. The number of amides is 3. The van der Waals surface area contributed by atoms with Gasteiger partial charge in [0.2, 0.25) is 0 Å². The van der Waals surface area contributed by atoms with Crippen LogP contribution in [0.1, 0.15) is 42.8 Å². The Hall–Kier alpha value is -3.49. The Morgan fingerprint density at radius 1 is 1.00 bits per heavy atom. The number of hydrogen-bond acceptors (Lipinski definition) is 7. The molecule has 0 bridgehead atoms. The van der Waals surface area contributed by atoms with Crippen molar-refractivity contribution in [3.63, 3.8) is 0 Å². The second kappa shape index (κ2) is 11.5. The molecule has 0 saturated carbocycles. The maximum atomic E-state index is 12.1. The topological polar surface area (TPSA) is 116 Å². The zero-order valence-electron chi connectivity index (χ0n) is 17.3. The van der Waals surface area contributed by atoms with Gasteiger partial charge in [-0.25, -0.2) is 9.59 Å². The predicted octanol–water partition coefficient (Wildman–Crippen LogP) is 3.67. The van der Waals surface area contributed by atoms with E-state index in [1.54, 1.807) is 25.1 Å². The molecule has 1 heterocycles. The lowest BCUT2D eigenvalue weighted by Crippen LogP contribution is -2.37. The molecule has 0 fully saturated rings. The van der Waals surface area contributed by atoms with E-state index >= 15 is 0 Å². The first kappa shape index (κ1) is 22.8. The molecular formula is C21H26N2O7. The van der Waals surface area contributed by atoms with Gasteiger partial charge in [-0.15, -0.1) is 0 Å². The molecule has 9 heteroatoms. The summed E-state index contributed by atoms with van der Waals surface area (Å²) in [4.78, 5) is 35.8. The highest BCUT2D eigenvalue weighted by Gasteiger charge is 2.16. The third-order valence-corrected chi connectivity index (χ3v) is 3.79. The number of anilines is 1. The number of ether oxygens (including phenoxy) is 3. The lowest BCUT2D eigenvalue weighted by atomic mass is 10.2. The first-order valence-corrected chi connectivity index (χ1v) is 9.66. The van der Waals surface area contributed by atoms with Gasteiger partial charge in [0.15, 0.2) is 18.1 Å². The lowest BCUT2D eigenvalue weighted by Gasteiger charge is -2.14. The number of furan rings is 1. The molecule has 0 atom stereocenters. The van der Waals surface area contributed by atoms with Crippen molar-refractivity contribution in [2.75, 3.05) is 25.1 Å². The first-order chi connectivity index (χ1) is 14.4. The van der Waals surface area contributed by atoms with Crippen LogP contribution in [0.25, 0.3) is 0 Å². The van der Waals surface area contributed by atoms with Crippen molar-refractivity contribution in [2.45, 2.75) is 33.6 Å². The number of esters is 1. The highest BCUT2D eigenvalue weighted by atomic mass is 16.5. The average Bonchev–Trinajstić information content (AvgIpc) is 3.15. The minimum Gasteiger partial charge on any atom is -0.490 e. The first-order valence-electron chi connectivity index (χ1n) is 9.66. The summed E-state index contributed by atoms with van der Waals surface area (Å²) >= 11 is 0. The number of carbonyl (C=O) groups excluding carboxylic acids is 3. The van der Waals surface area contributed by atoms with Crippen LogP contribution in [0, 0.1) is 6.92 Å². The fraction of sp³-hybridized carbons (Fsp3) is 0.381. The number of imide groups is 1. The maximum Gasteiger partial charge on any atom is 0.342 e. The highest BCUT2D eigenvalue weighted by molar-refractivity contribution is 6.02. The molecule has 3 amide bonds. The van der Waals surface area contributed by atoms with Crippen LogP contribution < -0.4 is 20.1 Å². The molecule has 0 aliphatic carbocycles. The Kier molecular flexibility index (Phi) is 8.74. The summed E-state index contributed by atoms with van der Waals surface area (Å²) in [5.74, 6) is -0.0252. The zero-order valence-corrected chi connectivity index (χ0v) is 17.3. The number of carbonyl (C=O) groups is 3. The molecule has 2 aromatic rings. The lowest BCUT2D eigenvalue weighted by molar-refractivity contribution is -0.123. The van der Waals surface area contributed by atoms with E-state index in [1.165, 1.54) is 12.3 Å². The van der Waals surface area contributed by atoms with Gasteiger partial charge in [0.25, 0.3) is 5.91 Å². The molecule has 2 rings (SSSR count). The van der Waals surface area contributed by atoms with Crippen molar-refractivity contribution >= 4 is 23.6 Å². The Morgan fingerprint density at radius 2 is 1.70 bits per heavy atom. The van der Waals surface area contributed by atoms with Gasteiger partial charge in [-0.05, 0) is 38.0 Å². The van der Waals surface area contributed by atoms with Gasteiger partial charge < -0.3 is 23.9 Å². The van der Waals surface area contributed by atoms with Crippen LogP contribution in [0.5, 0.6) is 11.5 Å². The summed E-state index contributed by atoms with van der Waals surface area (Å²) in [6, 6.07) is 5.61. The standard InChI is InChI=1S/C21H26N2O7/c1-4-9-28-17-7-6-15(12-18(17)29-10-5-2)22-21(26)23-19(24)13-30-20(25)16-8-11-27-14(16)3/h6-8,11-12H,4-5,9-10,13H2,1-3H3,(H2,22,23,24,26). The Bertz CT molecular complexity index is 876. The minimum absolute atomic E-state index is 0.220. The number of rotatable bonds is 10. The summed E-state index contributed by atoms with van der Waals surface area (Å²) in [6.07, 6.45) is 3.01. The van der Waals surface area contributed by atoms with Crippen LogP contribution in [-0.2, 0) is 9.53 Å². The summed E-state index contributed by atoms with van der Waals surface area (Å²) < 4.78 is 21.2. The number of nitrogens with one attached hydrogen (secondary N) is 2. The predicted molar refractivity (Wildman–Crippen MR) is 109 cm³/mol. The molecule has 30 heavy (non-hydrogen) atoms. The van der Waals surface area contributed by atoms with E-state index in [1.807, 2.05) is 13.8 Å². The zero-order chi connectivity index (χ0) is 21.9. The van der Waals surface area contributed by atoms with E-state index in [4.69, 9.17) is 18.6 Å². The maximum absolute atomic E-state index is 12.1. The fourth-order valence-corrected chi connectivity index (χ4v) is 2.37. The van der Waals surface area contributed by atoms with Crippen molar-refractivity contribution < 1.29 is 33.0 Å². The van der Waals surface area contributed by atoms with Crippen LogP contribution >= 0.6 is 0 Å². The molecule has 0 spiro atoms. The second-order valence-electron chi connectivity index (χ2n) is 6.33. The summed E-state index contributed by atoms with van der Waals surface area (Å²) in [7, 11) is 0. The number of aryl methyl sites for hydroxylation is 1. The number of benzene rings is 1. The molecule has 1 aromatic carbocycles. The van der Waals surface area contributed by atoms with E-state index in [0.29, 0.717) is 36.2 Å². The minimum atomic E-state index is -0.771. The quantitative estimate of drug-likeness (QED) is 0.566. The van der Waals surface area contributed by atoms with Gasteiger partial charge in [-0.2, -0.15) is 0 Å². The van der Waals surface area contributed by atoms with Gasteiger partial charge in [0.05, 0.1) is 19.5 Å². The Morgan fingerprint density at radius 3 is 2.33 bits per heavy atom. The van der Waals surface area contributed by atoms with Crippen LogP contribution in [0.4, 0.5) is 10.5 Å². The summed E-state index contributed by atoms with van der Waals surface area (Å²) in [5, 5.41) is 4.63. The van der Waals surface area contributed by atoms with E-state index in [-0.39, 0.29) is 5.56 Å². The van der Waals surface area contributed by atoms with Crippen LogP contribution in [0.3, 0.4) is 0 Å². The Balaban J connectivity index is 1.89. The third kappa shape index (κ3) is 6.84. The highest BCUT2D eigenvalue weighted by Crippen LogP contribution is 2.31. The van der Waals surface area contributed by atoms with Crippen molar-refractivity contribution in [2.24, 2.45) is 0 Å². The number of hydrogen-bond donors (Lipinski definition) is 2. The summed E-state index contributed by atoms with van der Waals surface area (Å²) in [5.41, 5.74) is 0.638.